The van der Waals surface area contributed by atoms with E-state index in [2.05, 4.69) is 10.6 Å². The number of carboxylic acid groups (broad SMARTS) is 1. The first-order chi connectivity index (χ1) is 18.9. The molecule has 216 valence electrons. The van der Waals surface area contributed by atoms with Crippen LogP contribution in [-0.4, -0.2) is 58.9 Å². The molecule has 40 heavy (non-hydrogen) atoms. The van der Waals surface area contributed by atoms with Crippen LogP contribution >= 0.6 is 0 Å². The number of ether oxygens (including phenoxy) is 1. The second-order valence-electron chi connectivity index (χ2n) is 11.3. The maximum Gasteiger partial charge on any atom is 0.416 e. The van der Waals surface area contributed by atoms with E-state index in [1.807, 2.05) is 0 Å². The van der Waals surface area contributed by atoms with Crippen LogP contribution in [0.15, 0.2) is 35.3 Å². The van der Waals surface area contributed by atoms with Crippen LogP contribution < -0.4 is 16.2 Å². The summed E-state index contributed by atoms with van der Waals surface area (Å²) in [7, 11) is 0. The van der Waals surface area contributed by atoms with Crippen molar-refractivity contribution in [2.24, 2.45) is 5.41 Å². The maximum absolute atomic E-state index is 13.6. The molecule has 2 aliphatic heterocycles. The predicted octanol–water partition coefficient (Wildman–Crippen LogP) is 4.57. The second-order valence-corrected chi connectivity index (χ2v) is 11.3. The molecule has 12 heteroatoms. The minimum Gasteiger partial charge on any atom is -0.465 e. The largest absolute Gasteiger partial charge is 0.465 e. The number of pyridine rings is 1. The number of nitrogens with one attached hydrogen (secondary N) is 2. The van der Waals surface area contributed by atoms with Gasteiger partial charge in [-0.25, -0.2) is 4.79 Å². The first kappa shape index (κ1) is 28.0. The molecule has 3 aliphatic rings. The number of likely N-dealkylation sites (tertiary alicyclic amines) is 1. The van der Waals surface area contributed by atoms with Crippen molar-refractivity contribution in [1.82, 2.24) is 14.8 Å². The third kappa shape index (κ3) is 5.41. The van der Waals surface area contributed by atoms with Crippen molar-refractivity contribution in [2.75, 3.05) is 31.6 Å². The fourth-order valence-electron chi connectivity index (χ4n) is 6.34. The number of carbonyl (C=O) groups is 2. The van der Waals surface area contributed by atoms with E-state index in [0.717, 1.165) is 6.07 Å². The molecule has 5 rings (SSSR count). The lowest BCUT2D eigenvalue weighted by molar-refractivity contribution is -0.138. The van der Waals surface area contributed by atoms with E-state index < -0.39 is 29.8 Å². The Balaban J connectivity index is 1.38. The van der Waals surface area contributed by atoms with E-state index in [-0.39, 0.29) is 34.2 Å². The van der Waals surface area contributed by atoms with E-state index in [4.69, 9.17) is 9.84 Å². The Morgan fingerprint density at radius 1 is 1.18 bits per heavy atom. The number of nitrogens with zero attached hydrogens (tertiary/aromatic N) is 2. The Bertz CT molecular complexity index is 1350. The number of amides is 2. The van der Waals surface area contributed by atoms with Crippen LogP contribution in [0.25, 0.3) is 0 Å². The number of halogens is 3. The third-order valence-corrected chi connectivity index (χ3v) is 8.45. The molecule has 3 N–H and O–H groups in total. The highest BCUT2D eigenvalue weighted by atomic mass is 19.4. The van der Waals surface area contributed by atoms with Crippen LogP contribution in [0.4, 0.5) is 23.7 Å². The summed E-state index contributed by atoms with van der Waals surface area (Å²) in [5.41, 5.74) is -0.114. The molecule has 3 heterocycles. The van der Waals surface area contributed by atoms with Crippen molar-refractivity contribution in [3.63, 3.8) is 0 Å². The lowest BCUT2D eigenvalue weighted by atomic mass is 9.60. The lowest BCUT2D eigenvalue weighted by Crippen LogP contribution is -2.66. The van der Waals surface area contributed by atoms with Gasteiger partial charge in [0.25, 0.3) is 11.5 Å². The highest BCUT2D eigenvalue weighted by Gasteiger charge is 2.54. The molecule has 2 saturated heterocycles. The summed E-state index contributed by atoms with van der Waals surface area (Å²) in [5.74, 6) is -0.512. The molecule has 1 aromatic heterocycles. The number of alkyl halides is 3. The number of benzene rings is 1. The van der Waals surface area contributed by atoms with Crippen molar-refractivity contribution in [2.45, 2.75) is 63.8 Å². The second kappa shape index (κ2) is 10.5. The molecule has 9 nitrogen and oxygen atoms in total. The van der Waals surface area contributed by atoms with Gasteiger partial charge in [0.15, 0.2) is 0 Å². The summed E-state index contributed by atoms with van der Waals surface area (Å²) in [6.45, 7) is 4.95. The normalized spacial score (nSPS) is 20.0. The van der Waals surface area contributed by atoms with Crippen LogP contribution in [-0.2, 0) is 10.9 Å². The Kier molecular flexibility index (Phi) is 7.32. The van der Waals surface area contributed by atoms with Gasteiger partial charge in [-0.2, -0.15) is 13.2 Å². The molecular formula is C28H33F3N4O5. The molecular weight excluding hydrogens is 529 g/mol. The third-order valence-electron chi connectivity index (χ3n) is 8.45. The summed E-state index contributed by atoms with van der Waals surface area (Å²) in [5, 5.41) is 15.3. The van der Waals surface area contributed by atoms with Gasteiger partial charge in [0.1, 0.15) is 0 Å². The van der Waals surface area contributed by atoms with E-state index in [1.165, 1.54) is 30.2 Å². The van der Waals surface area contributed by atoms with Gasteiger partial charge in [-0.1, -0.05) is 12.1 Å². The van der Waals surface area contributed by atoms with Gasteiger partial charge in [0, 0.05) is 56.1 Å². The average Bonchev–Trinajstić information content (AvgIpc) is 2.84. The summed E-state index contributed by atoms with van der Waals surface area (Å²) in [4.78, 5) is 39.2. The molecule has 1 spiro atoms. The van der Waals surface area contributed by atoms with Gasteiger partial charge in [-0.15, -0.1) is 0 Å². The molecule has 0 bridgehead atoms. The van der Waals surface area contributed by atoms with Crippen molar-refractivity contribution < 1.29 is 32.6 Å². The molecule has 0 radical (unpaired) electrons. The van der Waals surface area contributed by atoms with Gasteiger partial charge < -0.3 is 29.9 Å². The number of hydrogen-bond donors (Lipinski definition) is 3. The number of anilines is 1. The predicted molar refractivity (Wildman–Crippen MR) is 141 cm³/mol. The molecule has 2 aromatic rings. The van der Waals surface area contributed by atoms with E-state index in [1.54, 1.807) is 17.6 Å². The zero-order valence-corrected chi connectivity index (χ0v) is 22.4. The first-order valence-corrected chi connectivity index (χ1v) is 13.4. The van der Waals surface area contributed by atoms with Crippen molar-refractivity contribution >= 4 is 17.7 Å². The standard InChI is InChI=1S/C28H33F3N4O5/c1-16-20(4-3-5-22(16)28(29,30)31)17(2)32-25(37)21-13-35(19-6-8-40-9-7-19)24(36)10-23(21)33-18-11-27(12-18)14-34(15-27)26(38)39/h3-5,10,13,17-19,33H,6-9,11-12,14-15H2,1-2H3,(H,32,37)(H,38,39)/t17-/m1/s1. The number of hydrogen-bond acceptors (Lipinski definition) is 5. The van der Waals surface area contributed by atoms with Crippen molar-refractivity contribution in [1.29, 1.82) is 0 Å². The minimum absolute atomic E-state index is 0.0380. The Morgan fingerprint density at radius 2 is 1.85 bits per heavy atom. The summed E-state index contributed by atoms with van der Waals surface area (Å²) >= 11 is 0. The van der Waals surface area contributed by atoms with E-state index >= 15 is 0 Å². The quantitative estimate of drug-likeness (QED) is 0.476. The summed E-state index contributed by atoms with van der Waals surface area (Å²) in [6.07, 6.45) is -1.25. The van der Waals surface area contributed by atoms with E-state index in [9.17, 15) is 27.6 Å². The fraction of sp³-hybridized carbons (Fsp3) is 0.536. The molecule has 1 aromatic carbocycles. The smallest absolute Gasteiger partial charge is 0.416 e. The highest BCUT2D eigenvalue weighted by Crippen LogP contribution is 2.49. The van der Waals surface area contributed by atoms with E-state index in [0.29, 0.717) is 63.2 Å². The van der Waals surface area contributed by atoms with Crippen LogP contribution in [0.2, 0.25) is 0 Å². The lowest BCUT2D eigenvalue weighted by Gasteiger charge is -2.58. The zero-order chi connectivity index (χ0) is 28.8. The van der Waals surface area contributed by atoms with Crippen LogP contribution in [0, 0.1) is 12.3 Å². The van der Waals surface area contributed by atoms with Crippen molar-refractivity contribution in [3.05, 3.63) is 63.1 Å². The van der Waals surface area contributed by atoms with Gasteiger partial charge in [-0.05, 0) is 56.7 Å². The Labute approximate surface area is 229 Å². The number of carbonyl (C=O) groups excluding carboxylic acids is 1. The van der Waals surface area contributed by atoms with Crippen molar-refractivity contribution in [3.8, 4) is 0 Å². The molecule has 1 saturated carbocycles. The molecule has 1 aliphatic carbocycles. The van der Waals surface area contributed by atoms with Crippen LogP contribution in [0.5, 0.6) is 0 Å². The maximum atomic E-state index is 13.6. The topological polar surface area (TPSA) is 113 Å². The Morgan fingerprint density at radius 3 is 2.48 bits per heavy atom. The van der Waals surface area contributed by atoms with Crippen LogP contribution in [0.3, 0.4) is 0 Å². The zero-order valence-electron chi connectivity index (χ0n) is 22.4. The van der Waals surface area contributed by atoms with Gasteiger partial charge >= 0.3 is 12.3 Å². The average molecular weight is 563 g/mol. The molecule has 3 fully saturated rings. The molecule has 2 amide bonds. The Hall–Kier alpha value is -3.54. The van der Waals surface area contributed by atoms with Gasteiger partial charge in [0.05, 0.1) is 22.9 Å². The van der Waals surface area contributed by atoms with Gasteiger partial charge in [0.2, 0.25) is 0 Å². The summed E-state index contributed by atoms with van der Waals surface area (Å²) in [6, 6.07) is 4.41. The SMILES string of the molecule is Cc1c([C@@H](C)NC(=O)c2cn(C3CCOCC3)c(=O)cc2NC2CC3(C2)CN(C(=O)O)C3)cccc1C(F)(F)F. The first-order valence-electron chi connectivity index (χ1n) is 13.4. The summed E-state index contributed by atoms with van der Waals surface area (Å²) < 4.78 is 47.4. The van der Waals surface area contributed by atoms with Gasteiger partial charge in [-0.3, -0.25) is 9.59 Å². The highest BCUT2D eigenvalue weighted by molar-refractivity contribution is 5.99. The molecule has 0 unspecified atom stereocenters. The van der Waals surface area contributed by atoms with Crippen LogP contribution in [0.1, 0.15) is 71.7 Å². The minimum atomic E-state index is -4.51. The fourth-order valence-corrected chi connectivity index (χ4v) is 6.34. The number of aromatic nitrogens is 1. The number of rotatable bonds is 6. The molecule has 1 atom stereocenters. The monoisotopic (exact) mass is 562 g/mol.